The summed E-state index contributed by atoms with van der Waals surface area (Å²) in [4.78, 5) is 17.5. The van der Waals surface area contributed by atoms with Crippen molar-refractivity contribution in [1.82, 2.24) is 14.9 Å². The predicted octanol–water partition coefficient (Wildman–Crippen LogP) is 5.33. The van der Waals surface area contributed by atoms with Crippen molar-refractivity contribution >= 4 is 28.3 Å². The van der Waals surface area contributed by atoms with Gasteiger partial charge in [-0.3, -0.25) is 4.79 Å². The first-order chi connectivity index (χ1) is 14.3. The summed E-state index contributed by atoms with van der Waals surface area (Å²) in [5, 5.41) is 4.79. The number of alkyl halides is 3. The highest BCUT2D eigenvalue weighted by Gasteiger charge is 2.38. The number of aromatic nitrogens is 2. The molecule has 2 aromatic carbocycles. The van der Waals surface area contributed by atoms with Gasteiger partial charge in [0.1, 0.15) is 6.54 Å². The molecule has 4 aromatic rings. The lowest BCUT2D eigenvalue weighted by molar-refractivity contribution is -0.147. The maximum Gasteiger partial charge on any atom is 0.449 e. The van der Waals surface area contributed by atoms with Gasteiger partial charge in [-0.1, -0.05) is 48.0 Å². The molecule has 0 radical (unpaired) electrons. The Morgan fingerprint density at radius 2 is 1.83 bits per heavy atom. The fraction of sp³-hybridized carbons (Fsp3) is 0.182. The van der Waals surface area contributed by atoms with Crippen LogP contribution in [-0.4, -0.2) is 15.5 Å². The smallest absolute Gasteiger partial charge is 0.343 e. The summed E-state index contributed by atoms with van der Waals surface area (Å²) in [6.45, 7) is 1.48. The number of carbonyl (C=O) groups is 1. The fourth-order valence-corrected chi connectivity index (χ4v) is 4.14. The van der Waals surface area contributed by atoms with Gasteiger partial charge in [-0.25, -0.2) is 4.98 Å². The third kappa shape index (κ3) is 4.09. The highest BCUT2D eigenvalue weighted by Crippen LogP contribution is 2.32. The Balaban J connectivity index is 1.66. The number of rotatable bonds is 5. The van der Waals surface area contributed by atoms with Crippen LogP contribution in [0, 0.1) is 6.92 Å². The van der Waals surface area contributed by atoms with Crippen molar-refractivity contribution in [2.45, 2.75) is 25.7 Å². The lowest BCUT2D eigenvalue weighted by Crippen LogP contribution is -2.33. The summed E-state index contributed by atoms with van der Waals surface area (Å²) in [5.74, 6) is -1.61. The van der Waals surface area contributed by atoms with Crippen LogP contribution in [-0.2, 0) is 17.5 Å². The molecular weight excluding hydrogens is 411 g/mol. The monoisotopic (exact) mass is 429 g/mol. The Morgan fingerprint density at radius 3 is 2.50 bits per heavy atom. The van der Waals surface area contributed by atoms with Gasteiger partial charge in [0.25, 0.3) is 0 Å². The second-order valence-corrected chi connectivity index (χ2v) is 7.91. The normalized spacial score (nSPS) is 12.8. The predicted molar refractivity (Wildman–Crippen MR) is 110 cm³/mol. The van der Waals surface area contributed by atoms with Gasteiger partial charge in [-0.2, -0.15) is 13.2 Å². The largest absolute Gasteiger partial charge is 0.449 e. The molecule has 0 fully saturated rings. The molecule has 0 aliphatic carbocycles. The minimum Gasteiger partial charge on any atom is -0.343 e. The number of carbonyl (C=O) groups excluding carboxylic acids is 1. The molecule has 154 valence electrons. The van der Waals surface area contributed by atoms with Gasteiger partial charge < -0.3 is 9.88 Å². The van der Waals surface area contributed by atoms with Crippen LogP contribution in [0.15, 0.2) is 66.0 Å². The van der Waals surface area contributed by atoms with E-state index in [-0.39, 0.29) is 11.0 Å². The number of hydrogen-bond acceptors (Lipinski definition) is 3. The molecule has 0 saturated heterocycles. The number of nitrogens with one attached hydrogen (secondary N) is 1. The van der Waals surface area contributed by atoms with Crippen molar-refractivity contribution in [3.05, 3.63) is 87.9 Å². The van der Waals surface area contributed by atoms with Crippen LogP contribution in [0.5, 0.6) is 0 Å². The summed E-state index contributed by atoms with van der Waals surface area (Å²) in [5.41, 5.74) is 2.41. The Labute approximate surface area is 175 Å². The van der Waals surface area contributed by atoms with Crippen LogP contribution in [0.1, 0.15) is 27.9 Å². The van der Waals surface area contributed by atoms with Crippen molar-refractivity contribution in [3.63, 3.8) is 0 Å². The number of para-hydroxylation sites is 2. The minimum atomic E-state index is -4.66. The Morgan fingerprint density at radius 1 is 1.10 bits per heavy atom. The van der Waals surface area contributed by atoms with E-state index in [1.165, 1.54) is 23.5 Å². The number of benzene rings is 2. The van der Waals surface area contributed by atoms with Gasteiger partial charge in [0.15, 0.2) is 0 Å². The molecule has 0 aliphatic rings. The standard InChI is InChI=1S/C22H18F3N3OS/c1-14-8-10-15(11-9-14)20(18-7-4-12-30-18)27-19(29)13-28-17-6-3-2-5-16(17)26-21(28)22(23,24)25/h2-12,20H,13H2,1H3,(H,27,29). The van der Waals surface area contributed by atoms with Crippen LogP contribution < -0.4 is 5.32 Å². The summed E-state index contributed by atoms with van der Waals surface area (Å²) in [6.07, 6.45) is -4.66. The SMILES string of the molecule is Cc1ccc(C(NC(=O)Cn2c(C(F)(F)F)nc3ccccc32)c2cccs2)cc1. The first-order valence-electron chi connectivity index (χ1n) is 9.25. The van der Waals surface area contributed by atoms with Crippen LogP contribution in [0.25, 0.3) is 11.0 Å². The quantitative estimate of drug-likeness (QED) is 0.466. The van der Waals surface area contributed by atoms with E-state index in [4.69, 9.17) is 0 Å². The average Bonchev–Trinajstić information content (AvgIpc) is 3.35. The van der Waals surface area contributed by atoms with Crippen LogP contribution >= 0.6 is 11.3 Å². The van der Waals surface area contributed by atoms with Crippen molar-refractivity contribution < 1.29 is 18.0 Å². The van der Waals surface area contributed by atoms with Gasteiger partial charge in [0.2, 0.25) is 11.7 Å². The van der Waals surface area contributed by atoms with Gasteiger partial charge in [0, 0.05) is 4.88 Å². The van der Waals surface area contributed by atoms with Crippen molar-refractivity contribution in [3.8, 4) is 0 Å². The minimum absolute atomic E-state index is 0.200. The number of amides is 1. The number of aryl methyl sites for hydroxylation is 1. The highest BCUT2D eigenvalue weighted by molar-refractivity contribution is 7.10. The molecule has 0 spiro atoms. The lowest BCUT2D eigenvalue weighted by atomic mass is 10.0. The number of nitrogens with zero attached hydrogens (tertiary/aromatic N) is 2. The van der Waals surface area contributed by atoms with Crippen LogP contribution in [0.4, 0.5) is 13.2 Å². The summed E-state index contributed by atoms with van der Waals surface area (Å²) in [7, 11) is 0. The molecule has 1 atom stereocenters. The zero-order valence-corrected chi connectivity index (χ0v) is 16.8. The van der Waals surface area contributed by atoms with Gasteiger partial charge in [-0.15, -0.1) is 11.3 Å². The number of fused-ring (bicyclic) bond motifs is 1. The van der Waals surface area contributed by atoms with E-state index < -0.39 is 30.5 Å². The Hall–Kier alpha value is -3.13. The molecule has 1 amide bonds. The molecule has 4 rings (SSSR count). The molecule has 8 heteroatoms. The van der Waals surface area contributed by atoms with E-state index in [0.717, 1.165) is 20.6 Å². The van der Waals surface area contributed by atoms with E-state index in [0.29, 0.717) is 0 Å². The molecule has 1 N–H and O–H groups in total. The summed E-state index contributed by atoms with van der Waals surface area (Å²) in [6, 6.07) is 17.3. The van der Waals surface area contributed by atoms with Crippen molar-refractivity contribution in [2.75, 3.05) is 0 Å². The van der Waals surface area contributed by atoms with Gasteiger partial charge in [-0.05, 0) is 36.1 Å². The number of halogens is 3. The third-order valence-corrected chi connectivity index (χ3v) is 5.69. The number of imidazole rings is 1. The van der Waals surface area contributed by atoms with E-state index in [9.17, 15) is 18.0 Å². The van der Waals surface area contributed by atoms with E-state index in [1.807, 2.05) is 48.7 Å². The molecule has 0 bridgehead atoms. The number of thiophene rings is 1. The molecule has 0 saturated carbocycles. The third-order valence-electron chi connectivity index (χ3n) is 4.75. The zero-order valence-electron chi connectivity index (χ0n) is 16.0. The van der Waals surface area contributed by atoms with E-state index >= 15 is 0 Å². The maximum absolute atomic E-state index is 13.5. The molecule has 4 nitrogen and oxygen atoms in total. The second kappa shape index (κ2) is 7.95. The maximum atomic E-state index is 13.5. The number of hydrogen-bond donors (Lipinski definition) is 1. The fourth-order valence-electron chi connectivity index (χ4n) is 3.34. The van der Waals surface area contributed by atoms with Gasteiger partial charge in [0.05, 0.1) is 17.1 Å². The molecule has 1 unspecified atom stereocenters. The lowest BCUT2D eigenvalue weighted by Gasteiger charge is -2.19. The highest BCUT2D eigenvalue weighted by atomic mass is 32.1. The Kier molecular flexibility index (Phi) is 5.34. The topological polar surface area (TPSA) is 46.9 Å². The summed E-state index contributed by atoms with van der Waals surface area (Å²) >= 11 is 1.48. The summed E-state index contributed by atoms with van der Waals surface area (Å²) < 4.78 is 41.5. The Bertz CT molecular complexity index is 1160. The molecule has 2 aromatic heterocycles. The van der Waals surface area contributed by atoms with Crippen LogP contribution in [0.3, 0.4) is 0 Å². The second-order valence-electron chi connectivity index (χ2n) is 6.93. The van der Waals surface area contributed by atoms with E-state index in [1.54, 1.807) is 12.1 Å². The first-order valence-corrected chi connectivity index (χ1v) is 10.1. The van der Waals surface area contributed by atoms with Crippen LogP contribution in [0.2, 0.25) is 0 Å². The first kappa shape index (κ1) is 20.2. The molecule has 0 aliphatic heterocycles. The van der Waals surface area contributed by atoms with Crippen molar-refractivity contribution in [2.24, 2.45) is 0 Å². The van der Waals surface area contributed by atoms with E-state index in [2.05, 4.69) is 10.3 Å². The van der Waals surface area contributed by atoms with Gasteiger partial charge >= 0.3 is 6.18 Å². The average molecular weight is 429 g/mol. The zero-order chi connectivity index (χ0) is 21.3. The molecule has 30 heavy (non-hydrogen) atoms. The molecular formula is C22H18F3N3OS. The van der Waals surface area contributed by atoms with Crippen molar-refractivity contribution in [1.29, 1.82) is 0 Å². The molecule has 2 heterocycles.